The van der Waals surface area contributed by atoms with Gasteiger partial charge in [0.1, 0.15) is 0 Å². The molecule has 0 spiro atoms. The molecule has 2 N–H and O–H groups in total. The zero-order chi connectivity index (χ0) is 14.8. The van der Waals surface area contributed by atoms with E-state index in [1.54, 1.807) is 0 Å². The topological polar surface area (TPSA) is 42.2 Å². The highest BCUT2D eigenvalue weighted by Gasteiger charge is 2.32. The Morgan fingerprint density at radius 3 is 2.52 bits per heavy atom. The largest absolute Gasteiger partial charge is 0.345 e. The maximum absolute atomic E-state index is 5.96. The molecule has 2 fully saturated rings. The number of rotatable bonds is 7. The predicted molar refractivity (Wildman–Crippen MR) is 91.0 cm³/mol. The Hall–Kier alpha value is -0.610. The monoisotopic (exact) mass is 307 g/mol. The highest BCUT2D eigenvalue weighted by atomic mass is 32.1. The van der Waals surface area contributed by atoms with Gasteiger partial charge in [0.15, 0.2) is 5.13 Å². The molecule has 3 nitrogen and oxygen atoms in total. The van der Waals surface area contributed by atoms with Gasteiger partial charge >= 0.3 is 0 Å². The summed E-state index contributed by atoms with van der Waals surface area (Å²) in [6, 6.07) is 0.715. The van der Waals surface area contributed by atoms with Gasteiger partial charge in [-0.05, 0) is 38.0 Å². The quantitative estimate of drug-likeness (QED) is 0.817. The second kappa shape index (κ2) is 6.66. The van der Waals surface area contributed by atoms with Crippen LogP contribution in [0, 0.1) is 5.92 Å². The van der Waals surface area contributed by atoms with Crippen LogP contribution in [0.3, 0.4) is 0 Å². The molecule has 0 saturated heterocycles. The van der Waals surface area contributed by atoms with Crippen molar-refractivity contribution < 1.29 is 0 Å². The van der Waals surface area contributed by atoms with E-state index in [1.165, 1.54) is 60.6 Å². The van der Waals surface area contributed by atoms with Crippen molar-refractivity contribution in [2.75, 3.05) is 11.4 Å². The van der Waals surface area contributed by atoms with Crippen LogP contribution in [0.25, 0.3) is 0 Å². The summed E-state index contributed by atoms with van der Waals surface area (Å²) in [4.78, 5) is 8.98. The number of anilines is 1. The lowest BCUT2D eigenvalue weighted by atomic mass is 10.1. The summed E-state index contributed by atoms with van der Waals surface area (Å²) in [5.41, 5.74) is 7.28. The first-order chi connectivity index (χ1) is 10.2. The van der Waals surface area contributed by atoms with Gasteiger partial charge in [-0.15, -0.1) is 11.3 Å². The SMILES string of the molecule is CC(C)CCN(c1nc(C2CC2)c(CN)s1)C1CCCC1. The van der Waals surface area contributed by atoms with Gasteiger partial charge in [0.25, 0.3) is 0 Å². The lowest BCUT2D eigenvalue weighted by molar-refractivity contribution is 0.527. The molecule has 2 aliphatic rings. The molecule has 0 atom stereocenters. The average molecular weight is 308 g/mol. The lowest BCUT2D eigenvalue weighted by Crippen LogP contribution is -2.34. The van der Waals surface area contributed by atoms with Crippen molar-refractivity contribution in [3.63, 3.8) is 0 Å². The minimum Gasteiger partial charge on any atom is -0.345 e. The Morgan fingerprint density at radius 2 is 1.95 bits per heavy atom. The Kier molecular flexibility index (Phi) is 4.85. The van der Waals surface area contributed by atoms with Crippen LogP contribution in [-0.2, 0) is 6.54 Å². The summed E-state index contributed by atoms with van der Waals surface area (Å²) in [5.74, 6) is 1.47. The van der Waals surface area contributed by atoms with Crippen LogP contribution in [0.5, 0.6) is 0 Å². The zero-order valence-electron chi connectivity index (χ0n) is 13.5. The highest BCUT2D eigenvalue weighted by Crippen LogP contribution is 2.44. The van der Waals surface area contributed by atoms with Gasteiger partial charge in [0.05, 0.1) is 5.69 Å². The summed E-state index contributed by atoms with van der Waals surface area (Å²) in [5, 5.41) is 1.25. The number of nitrogens with two attached hydrogens (primary N) is 1. The first kappa shape index (κ1) is 15.3. The molecule has 0 amide bonds. The smallest absolute Gasteiger partial charge is 0.186 e. The number of nitrogens with zero attached hydrogens (tertiary/aromatic N) is 2. The summed E-state index contributed by atoms with van der Waals surface area (Å²) >= 11 is 1.86. The first-order valence-corrected chi connectivity index (χ1v) is 9.47. The van der Waals surface area contributed by atoms with Gasteiger partial charge < -0.3 is 10.6 Å². The maximum atomic E-state index is 5.96. The van der Waals surface area contributed by atoms with Crippen molar-refractivity contribution in [1.82, 2.24) is 4.98 Å². The van der Waals surface area contributed by atoms with Crippen LogP contribution in [0.15, 0.2) is 0 Å². The third-order valence-electron chi connectivity index (χ3n) is 4.82. The van der Waals surface area contributed by atoms with E-state index in [-0.39, 0.29) is 0 Å². The van der Waals surface area contributed by atoms with Crippen LogP contribution >= 0.6 is 11.3 Å². The minimum absolute atomic E-state index is 0.659. The van der Waals surface area contributed by atoms with Gasteiger partial charge in [0.2, 0.25) is 0 Å². The van der Waals surface area contributed by atoms with Crippen LogP contribution < -0.4 is 10.6 Å². The van der Waals surface area contributed by atoms with E-state index >= 15 is 0 Å². The molecule has 3 rings (SSSR count). The molecule has 2 aliphatic carbocycles. The van der Waals surface area contributed by atoms with Crippen molar-refractivity contribution in [2.24, 2.45) is 11.7 Å². The Labute approximate surface area is 132 Å². The third-order valence-corrected chi connectivity index (χ3v) is 5.95. The molecule has 0 aliphatic heterocycles. The van der Waals surface area contributed by atoms with Crippen LogP contribution in [-0.4, -0.2) is 17.6 Å². The second-order valence-electron chi connectivity index (χ2n) is 7.10. The average Bonchev–Trinajstić information content (AvgIpc) is 3.01. The molecule has 0 aromatic carbocycles. The molecule has 1 heterocycles. The number of hydrogen-bond acceptors (Lipinski definition) is 4. The lowest BCUT2D eigenvalue weighted by Gasteiger charge is -2.29. The van der Waals surface area contributed by atoms with Gasteiger partial charge in [-0.1, -0.05) is 26.7 Å². The molecule has 1 aromatic heterocycles. The van der Waals surface area contributed by atoms with E-state index in [0.29, 0.717) is 18.5 Å². The van der Waals surface area contributed by atoms with Crippen LogP contribution in [0.2, 0.25) is 0 Å². The van der Waals surface area contributed by atoms with E-state index < -0.39 is 0 Å². The van der Waals surface area contributed by atoms with Crippen molar-refractivity contribution in [3.05, 3.63) is 10.6 Å². The maximum Gasteiger partial charge on any atom is 0.186 e. The molecule has 21 heavy (non-hydrogen) atoms. The first-order valence-electron chi connectivity index (χ1n) is 8.65. The summed E-state index contributed by atoms with van der Waals surface area (Å²) in [6.07, 6.45) is 9.33. The number of thiazole rings is 1. The Balaban J connectivity index is 1.80. The molecular formula is C17H29N3S. The molecule has 1 aromatic rings. The van der Waals surface area contributed by atoms with E-state index in [4.69, 9.17) is 10.7 Å². The van der Waals surface area contributed by atoms with Crippen LogP contribution in [0.1, 0.15) is 75.3 Å². The van der Waals surface area contributed by atoms with Crippen molar-refractivity contribution >= 4 is 16.5 Å². The van der Waals surface area contributed by atoms with Crippen molar-refractivity contribution in [3.8, 4) is 0 Å². The van der Waals surface area contributed by atoms with Crippen molar-refractivity contribution in [2.45, 2.75) is 77.3 Å². The summed E-state index contributed by atoms with van der Waals surface area (Å²) < 4.78 is 0. The fourth-order valence-corrected chi connectivity index (χ4v) is 4.47. The minimum atomic E-state index is 0.659. The molecule has 0 bridgehead atoms. The van der Waals surface area contributed by atoms with Crippen LogP contribution in [0.4, 0.5) is 5.13 Å². The fourth-order valence-electron chi connectivity index (χ4n) is 3.34. The second-order valence-corrected chi connectivity index (χ2v) is 8.16. The Morgan fingerprint density at radius 1 is 1.24 bits per heavy atom. The molecule has 118 valence electrons. The van der Waals surface area contributed by atoms with Gasteiger partial charge in [0, 0.05) is 29.9 Å². The molecule has 2 saturated carbocycles. The predicted octanol–water partition coefficient (Wildman–Crippen LogP) is 4.27. The van der Waals surface area contributed by atoms with E-state index in [0.717, 1.165) is 12.5 Å². The normalized spacial score (nSPS) is 19.6. The van der Waals surface area contributed by atoms with Gasteiger partial charge in [-0.25, -0.2) is 4.98 Å². The zero-order valence-corrected chi connectivity index (χ0v) is 14.3. The Bertz CT molecular complexity index is 459. The standard InChI is InChI=1S/C17H29N3S/c1-12(2)9-10-20(14-5-3-4-6-14)17-19-16(13-7-8-13)15(11-18)21-17/h12-14H,3-11,18H2,1-2H3. The highest BCUT2D eigenvalue weighted by molar-refractivity contribution is 7.15. The number of hydrogen-bond donors (Lipinski definition) is 1. The van der Waals surface area contributed by atoms with Gasteiger partial charge in [-0.3, -0.25) is 0 Å². The van der Waals surface area contributed by atoms with Crippen molar-refractivity contribution in [1.29, 1.82) is 0 Å². The molecule has 0 radical (unpaired) electrons. The van der Waals surface area contributed by atoms with Gasteiger partial charge in [-0.2, -0.15) is 0 Å². The molecule has 4 heteroatoms. The summed E-state index contributed by atoms with van der Waals surface area (Å²) in [6.45, 7) is 6.45. The summed E-state index contributed by atoms with van der Waals surface area (Å²) in [7, 11) is 0. The fraction of sp³-hybridized carbons (Fsp3) is 0.824. The third kappa shape index (κ3) is 3.59. The molecular weight excluding hydrogens is 278 g/mol. The van der Waals surface area contributed by atoms with E-state index in [9.17, 15) is 0 Å². The number of aromatic nitrogens is 1. The van der Waals surface area contributed by atoms with E-state index in [2.05, 4.69) is 18.7 Å². The molecule has 0 unspecified atom stereocenters. The van der Waals surface area contributed by atoms with E-state index in [1.807, 2.05) is 11.3 Å².